The number of phenolic OH excluding ortho intramolecular Hbond substituents is 1. The number of para-hydroxylation sites is 1. The van der Waals surface area contributed by atoms with E-state index in [4.69, 9.17) is 24.5 Å². The smallest absolute Gasteiger partial charge is 0.254 e. The first-order chi connectivity index (χ1) is 29.5. The molecular weight excluding hydrogens is 803 g/mol. The fourth-order valence-electron chi connectivity index (χ4n) is 7.13. The summed E-state index contributed by atoms with van der Waals surface area (Å²) >= 11 is 1.58. The summed E-state index contributed by atoms with van der Waals surface area (Å²) in [6.45, 7) is 8.12. The van der Waals surface area contributed by atoms with E-state index in [0.717, 1.165) is 27.3 Å². The van der Waals surface area contributed by atoms with E-state index >= 15 is 0 Å². The Morgan fingerprint density at radius 2 is 1.77 bits per heavy atom. The maximum absolute atomic E-state index is 14.0. The zero-order valence-corrected chi connectivity index (χ0v) is 35.0. The van der Waals surface area contributed by atoms with Crippen molar-refractivity contribution < 1.29 is 38.5 Å². The lowest BCUT2D eigenvalue weighted by Gasteiger charge is -2.28. The lowest BCUT2D eigenvalue weighted by Crippen LogP contribution is -2.48. The van der Waals surface area contributed by atoms with E-state index in [1.54, 1.807) is 52.5 Å². The number of nitrogens with zero attached hydrogens (tertiary/aromatic N) is 7. The van der Waals surface area contributed by atoms with Crippen LogP contribution in [0.5, 0.6) is 11.6 Å². The number of aliphatic hydroxyl groups excluding tert-OH is 1. The molecule has 0 saturated carbocycles. The molecule has 1 aliphatic heterocycles. The lowest BCUT2D eigenvalue weighted by molar-refractivity contribution is -0.141. The molecular formula is C43H49N9O8S. The largest absolute Gasteiger partial charge is 0.507 e. The van der Waals surface area contributed by atoms with Gasteiger partial charge in [0, 0.05) is 48.5 Å². The zero-order chi connectivity index (χ0) is 42.9. The molecule has 0 unspecified atom stereocenters. The summed E-state index contributed by atoms with van der Waals surface area (Å²) in [7, 11) is 0. The Hall–Kier alpha value is -6.21. The summed E-state index contributed by atoms with van der Waals surface area (Å²) in [6.07, 6.45) is 2.84. The van der Waals surface area contributed by atoms with Gasteiger partial charge in [-0.15, -0.1) is 21.5 Å². The van der Waals surface area contributed by atoms with E-state index in [9.17, 15) is 19.8 Å². The molecule has 2 amide bonds. The number of nitrogen functional groups attached to an aromatic ring is 1. The van der Waals surface area contributed by atoms with Crippen molar-refractivity contribution in [3.63, 3.8) is 0 Å². The van der Waals surface area contributed by atoms with Gasteiger partial charge in [-0.25, -0.2) is 4.98 Å². The van der Waals surface area contributed by atoms with Gasteiger partial charge in [0.15, 0.2) is 11.6 Å². The number of aromatic hydroxyl groups is 1. The van der Waals surface area contributed by atoms with E-state index in [-0.39, 0.29) is 67.9 Å². The molecule has 61 heavy (non-hydrogen) atoms. The minimum Gasteiger partial charge on any atom is -0.507 e. The Labute approximate surface area is 356 Å². The molecule has 0 spiro atoms. The summed E-state index contributed by atoms with van der Waals surface area (Å²) in [5.41, 5.74) is 13.3. The molecule has 1 aliphatic rings. The van der Waals surface area contributed by atoms with Crippen LogP contribution in [0.15, 0.2) is 83.1 Å². The van der Waals surface area contributed by atoms with Gasteiger partial charge in [0.2, 0.25) is 11.8 Å². The monoisotopic (exact) mass is 851 g/mol. The van der Waals surface area contributed by atoms with Gasteiger partial charge in [0.25, 0.3) is 5.88 Å². The lowest BCUT2D eigenvalue weighted by atomic mass is 9.91. The number of phenols is 1. The highest BCUT2D eigenvalue weighted by Gasteiger charge is 2.43. The number of hydrogen-bond donors (Lipinski definition) is 4. The SMILES string of the molecule is Cc1ncsc1-c1ccc(CNC(=O)[C@@H]2C[C@@H](O)CN2C(=O)[C@H](c2cc(OCCOCCOCCn3cc(-c4cc(-c5ccccc5O)nnc4N)cn3)no2)C(C)C)cc1. The summed E-state index contributed by atoms with van der Waals surface area (Å²) in [5, 5.41) is 40.3. The molecule has 5 heterocycles. The van der Waals surface area contributed by atoms with Crippen LogP contribution in [0.4, 0.5) is 5.82 Å². The third-order valence-electron chi connectivity index (χ3n) is 10.3. The fraction of sp³-hybridized carbons (Fsp3) is 0.372. The van der Waals surface area contributed by atoms with Crippen molar-refractivity contribution >= 4 is 29.0 Å². The van der Waals surface area contributed by atoms with Gasteiger partial charge in [-0.05, 0) is 47.3 Å². The molecule has 4 aromatic heterocycles. The highest BCUT2D eigenvalue weighted by atomic mass is 32.1. The average molecular weight is 852 g/mol. The van der Waals surface area contributed by atoms with Crippen molar-refractivity contribution in [2.45, 2.75) is 58.3 Å². The van der Waals surface area contributed by atoms with Crippen LogP contribution >= 0.6 is 11.3 Å². The molecule has 320 valence electrons. The number of rotatable bonds is 19. The Kier molecular flexibility index (Phi) is 14.0. The molecule has 1 saturated heterocycles. The van der Waals surface area contributed by atoms with Gasteiger partial charge in [0.1, 0.15) is 24.3 Å². The second-order valence-corrected chi connectivity index (χ2v) is 15.8. The summed E-state index contributed by atoms with van der Waals surface area (Å²) in [4.78, 5) is 34.3. The molecule has 2 aromatic carbocycles. The highest BCUT2D eigenvalue weighted by Crippen LogP contribution is 2.34. The quantitative estimate of drug-likeness (QED) is 0.0800. The van der Waals surface area contributed by atoms with Gasteiger partial charge in [-0.1, -0.05) is 50.2 Å². The second kappa shape index (κ2) is 19.9. The second-order valence-electron chi connectivity index (χ2n) is 15.0. The molecule has 0 bridgehead atoms. The zero-order valence-electron chi connectivity index (χ0n) is 34.1. The van der Waals surface area contributed by atoms with E-state index in [2.05, 4.69) is 30.8 Å². The summed E-state index contributed by atoms with van der Waals surface area (Å²) < 4.78 is 24.4. The van der Waals surface area contributed by atoms with Gasteiger partial charge in [-0.3, -0.25) is 14.3 Å². The topological polar surface area (TPSA) is 226 Å². The van der Waals surface area contributed by atoms with E-state index < -0.39 is 18.1 Å². The molecule has 0 aliphatic carbocycles. The third-order valence-corrected chi connectivity index (χ3v) is 11.3. The van der Waals surface area contributed by atoms with E-state index in [0.29, 0.717) is 48.9 Å². The van der Waals surface area contributed by atoms with Crippen molar-refractivity contribution in [1.29, 1.82) is 0 Å². The number of aliphatic hydroxyl groups is 1. The van der Waals surface area contributed by atoms with E-state index in [1.807, 2.05) is 62.8 Å². The number of carbonyl (C=O) groups is 2. The van der Waals surface area contributed by atoms with Crippen LogP contribution in [0, 0.1) is 12.8 Å². The molecule has 7 rings (SSSR count). The number of benzene rings is 2. The van der Waals surface area contributed by atoms with Crippen molar-refractivity contribution in [2.24, 2.45) is 5.92 Å². The number of carbonyl (C=O) groups excluding carboxylic acids is 2. The number of anilines is 1. The molecule has 1 fully saturated rings. The van der Waals surface area contributed by atoms with Crippen LogP contribution in [-0.2, 0) is 32.2 Å². The number of ether oxygens (including phenoxy) is 3. The third kappa shape index (κ3) is 10.6. The van der Waals surface area contributed by atoms with Crippen LogP contribution in [0.1, 0.15) is 43.2 Å². The number of hydrogen-bond acceptors (Lipinski definition) is 15. The Morgan fingerprint density at radius 1 is 1.00 bits per heavy atom. The van der Waals surface area contributed by atoms with Gasteiger partial charge >= 0.3 is 0 Å². The van der Waals surface area contributed by atoms with E-state index in [1.165, 1.54) is 4.90 Å². The maximum atomic E-state index is 14.0. The minimum atomic E-state index is -0.831. The van der Waals surface area contributed by atoms with Gasteiger partial charge < -0.3 is 44.9 Å². The normalized spacial score (nSPS) is 15.7. The number of thiazole rings is 1. The average Bonchev–Trinajstić information content (AvgIpc) is 4.08. The summed E-state index contributed by atoms with van der Waals surface area (Å²) in [5.74, 6) is -0.738. The predicted octanol–water partition coefficient (Wildman–Crippen LogP) is 4.84. The Balaban J connectivity index is 0.819. The van der Waals surface area contributed by atoms with Crippen molar-refractivity contribution in [3.8, 4) is 44.5 Å². The van der Waals surface area contributed by atoms with Crippen molar-refractivity contribution in [3.05, 3.63) is 95.6 Å². The van der Waals surface area contributed by atoms with Crippen LogP contribution in [-0.4, -0.2) is 109 Å². The number of amides is 2. The first-order valence-corrected chi connectivity index (χ1v) is 20.9. The highest BCUT2D eigenvalue weighted by molar-refractivity contribution is 7.13. The minimum absolute atomic E-state index is 0.0369. The molecule has 5 N–H and O–H groups in total. The van der Waals surface area contributed by atoms with Crippen LogP contribution in [0.2, 0.25) is 0 Å². The number of aromatic nitrogens is 6. The number of nitrogens with two attached hydrogens (primary N) is 1. The first-order valence-electron chi connectivity index (χ1n) is 20.0. The van der Waals surface area contributed by atoms with Gasteiger partial charge in [0.05, 0.1) is 67.0 Å². The Morgan fingerprint density at radius 3 is 2.52 bits per heavy atom. The van der Waals surface area contributed by atoms with Crippen molar-refractivity contribution in [2.75, 3.05) is 45.3 Å². The standard InChI is InChI=1S/C43H49N9O8S/c1-26(2)39(43(56)52-24-31(53)18-35(52)42(55)45-21-28-8-10-29(11-9-28)40-27(3)46-25-61-40)37-20-38(50-60-37)59-17-16-58-15-14-57-13-12-51-23-30(22-47-51)33-19-34(48-49-41(33)44)32-6-4-5-7-36(32)54/h4-11,19-20,22-23,25-26,31,35,39,53-54H,12-18,21,24H2,1-3H3,(H2,44,49)(H,45,55)/t31-,35+,39+/m1/s1. The summed E-state index contributed by atoms with van der Waals surface area (Å²) in [6, 6.07) is 17.3. The number of nitrogens with one attached hydrogen (secondary N) is 1. The Bertz CT molecular complexity index is 2400. The number of β-amino-alcohol motifs (C(OH)–C–C–N with tert-alkyl or cyclic N) is 1. The molecule has 3 atom stereocenters. The van der Waals surface area contributed by atoms with Crippen molar-refractivity contribution in [1.82, 2.24) is 40.3 Å². The molecule has 18 heteroatoms. The molecule has 17 nitrogen and oxygen atoms in total. The van der Waals surface area contributed by atoms with Crippen LogP contribution < -0.4 is 15.8 Å². The predicted molar refractivity (Wildman–Crippen MR) is 226 cm³/mol. The molecule has 0 radical (unpaired) electrons. The van der Waals surface area contributed by atoms with Gasteiger partial charge in [-0.2, -0.15) is 5.10 Å². The van der Waals surface area contributed by atoms with Crippen LogP contribution in [0.25, 0.3) is 32.8 Å². The van der Waals surface area contributed by atoms with Crippen LogP contribution in [0.3, 0.4) is 0 Å². The number of likely N-dealkylation sites (tertiary alicyclic amines) is 1. The fourth-order valence-corrected chi connectivity index (χ4v) is 7.94. The molecule has 6 aromatic rings. The number of aryl methyl sites for hydroxylation is 1. The maximum Gasteiger partial charge on any atom is 0.254 e. The first kappa shape index (κ1) is 42.9.